The van der Waals surface area contributed by atoms with Gasteiger partial charge < -0.3 is 10.1 Å². The molecule has 0 spiro atoms. The number of rotatable bonds is 4. The zero-order valence-electron chi connectivity index (χ0n) is 13.6. The Morgan fingerprint density at radius 2 is 1.83 bits per heavy atom. The monoisotopic (exact) mass is 352 g/mol. The number of amides is 1. The summed E-state index contributed by atoms with van der Waals surface area (Å²) in [6.07, 6.45) is -0.459. The molecule has 0 saturated carbocycles. The van der Waals surface area contributed by atoms with E-state index in [4.69, 9.17) is 16.3 Å². The van der Waals surface area contributed by atoms with E-state index in [1.165, 1.54) is 11.3 Å². The van der Waals surface area contributed by atoms with Crippen molar-refractivity contribution in [1.29, 1.82) is 0 Å². The van der Waals surface area contributed by atoms with Crippen molar-refractivity contribution in [2.45, 2.75) is 39.3 Å². The molecule has 1 unspecified atom stereocenters. The van der Waals surface area contributed by atoms with Crippen molar-refractivity contribution >= 4 is 40.4 Å². The van der Waals surface area contributed by atoms with Crippen LogP contribution >= 0.6 is 22.9 Å². The molecule has 6 heteroatoms. The molecule has 4 nitrogen and oxygen atoms in total. The second kappa shape index (κ2) is 7.23. The number of thiophene rings is 1. The fourth-order valence-electron chi connectivity index (χ4n) is 1.96. The van der Waals surface area contributed by atoms with Gasteiger partial charge in [-0.2, -0.15) is 0 Å². The van der Waals surface area contributed by atoms with Gasteiger partial charge in [0.05, 0.1) is 4.34 Å². The first-order valence-electron chi connectivity index (χ1n) is 7.33. The van der Waals surface area contributed by atoms with Gasteiger partial charge in [-0.05, 0) is 69.0 Å². The van der Waals surface area contributed by atoms with Crippen LogP contribution < -0.4 is 10.6 Å². The van der Waals surface area contributed by atoms with E-state index in [1.807, 2.05) is 56.5 Å². The lowest BCUT2D eigenvalue weighted by Gasteiger charge is -2.20. The largest absolute Gasteiger partial charge is 0.444 e. The van der Waals surface area contributed by atoms with E-state index in [-0.39, 0.29) is 6.04 Å². The maximum absolute atomic E-state index is 11.7. The molecule has 0 radical (unpaired) electrons. The Hall–Kier alpha value is -1.72. The molecule has 1 atom stereocenters. The van der Waals surface area contributed by atoms with Crippen molar-refractivity contribution in [2.75, 3.05) is 10.6 Å². The summed E-state index contributed by atoms with van der Waals surface area (Å²) in [6, 6.07) is 9.61. The van der Waals surface area contributed by atoms with Crippen LogP contribution in [0, 0.1) is 0 Å². The molecule has 2 aromatic rings. The number of benzene rings is 1. The minimum atomic E-state index is -0.511. The number of halogens is 1. The van der Waals surface area contributed by atoms with Gasteiger partial charge in [-0.15, -0.1) is 11.3 Å². The molecule has 0 fully saturated rings. The van der Waals surface area contributed by atoms with Gasteiger partial charge >= 0.3 is 6.09 Å². The summed E-state index contributed by atoms with van der Waals surface area (Å²) in [5, 5.41) is 8.14. The molecule has 1 heterocycles. The van der Waals surface area contributed by atoms with Crippen LogP contribution in [0.3, 0.4) is 0 Å². The van der Waals surface area contributed by atoms with Gasteiger partial charge in [0.2, 0.25) is 0 Å². The molecule has 2 N–H and O–H groups in total. The fourth-order valence-corrected chi connectivity index (χ4v) is 2.94. The first-order valence-corrected chi connectivity index (χ1v) is 8.59. The summed E-state index contributed by atoms with van der Waals surface area (Å²) in [5.41, 5.74) is 2.30. The molecule has 124 valence electrons. The Balaban J connectivity index is 1.93. The molecular weight excluding hydrogens is 332 g/mol. The Morgan fingerprint density at radius 3 is 2.35 bits per heavy atom. The van der Waals surface area contributed by atoms with Gasteiger partial charge in [-0.1, -0.05) is 11.6 Å². The van der Waals surface area contributed by atoms with Crippen molar-refractivity contribution in [3.63, 3.8) is 0 Å². The molecular formula is C17H21ClN2O2S. The third-order valence-corrected chi connectivity index (χ3v) is 4.11. The zero-order valence-corrected chi connectivity index (χ0v) is 15.2. The second-order valence-electron chi connectivity index (χ2n) is 6.25. The summed E-state index contributed by atoms with van der Waals surface area (Å²) >= 11 is 7.48. The number of ether oxygens (including phenoxy) is 1. The lowest BCUT2D eigenvalue weighted by atomic mass is 10.1. The van der Waals surface area contributed by atoms with E-state index in [2.05, 4.69) is 17.6 Å². The molecule has 0 aliphatic heterocycles. The van der Waals surface area contributed by atoms with Crippen LogP contribution in [0.15, 0.2) is 35.7 Å². The maximum atomic E-state index is 11.7. The number of carbonyl (C=O) groups excluding carboxylic acids is 1. The lowest BCUT2D eigenvalue weighted by Crippen LogP contribution is -2.27. The van der Waals surface area contributed by atoms with Crippen LogP contribution in [-0.2, 0) is 4.74 Å². The van der Waals surface area contributed by atoms with Crippen molar-refractivity contribution in [3.8, 4) is 0 Å². The van der Waals surface area contributed by atoms with Crippen LogP contribution in [0.4, 0.5) is 16.2 Å². The van der Waals surface area contributed by atoms with Gasteiger partial charge in [0.1, 0.15) is 5.60 Å². The Kier molecular flexibility index (Phi) is 5.55. The summed E-state index contributed by atoms with van der Waals surface area (Å²) in [6.45, 7) is 7.57. The van der Waals surface area contributed by atoms with E-state index < -0.39 is 11.7 Å². The van der Waals surface area contributed by atoms with Crippen molar-refractivity contribution < 1.29 is 9.53 Å². The van der Waals surface area contributed by atoms with Crippen LogP contribution in [0.25, 0.3) is 0 Å². The van der Waals surface area contributed by atoms with Crippen molar-refractivity contribution in [2.24, 2.45) is 0 Å². The summed E-state index contributed by atoms with van der Waals surface area (Å²) in [4.78, 5) is 11.7. The van der Waals surface area contributed by atoms with E-state index >= 15 is 0 Å². The number of anilines is 2. The Morgan fingerprint density at radius 1 is 1.22 bits per heavy atom. The lowest BCUT2D eigenvalue weighted by molar-refractivity contribution is 0.0636. The topological polar surface area (TPSA) is 50.4 Å². The summed E-state index contributed by atoms with van der Waals surface area (Å²) in [5.74, 6) is 0. The quantitative estimate of drug-likeness (QED) is 0.717. The van der Waals surface area contributed by atoms with Crippen LogP contribution in [0.1, 0.15) is 39.3 Å². The van der Waals surface area contributed by atoms with Gasteiger partial charge in [-0.25, -0.2) is 4.79 Å². The molecule has 1 amide bonds. The van der Waals surface area contributed by atoms with E-state index in [9.17, 15) is 4.79 Å². The standard InChI is InChI=1S/C17H21ClN2O2S/c1-11(12-9-15(18)23-10-12)19-13-5-7-14(8-6-13)20-16(21)22-17(2,3)4/h5-11,19H,1-4H3,(H,20,21). The minimum Gasteiger partial charge on any atom is -0.444 e. The molecule has 0 aliphatic carbocycles. The van der Waals surface area contributed by atoms with Crippen LogP contribution in [0.2, 0.25) is 4.34 Å². The minimum absolute atomic E-state index is 0.156. The third kappa shape index (κ3) is 5.77. The summed E-state index contributed by atoms with van der Waals surface area (Å²) < 4.78 is 6.00. The summed E-state index contributed by atoms with van der Waals surface area (Å²) in [7, 11) is 0. The number of carbonyl (C=O) groups is 1. The molecule has 0 bridgehead atoms. The van der Waals surface area contributed by atoms with Gasteiger partial charge in [0.25, 0.3) is 0 Å². The van der Waals surface area contributed by atoms with Crippen LogP contribution in [-0.4, -0.2) is 11.7 Å². The third-order valence-electron chi connectivity index (χ3n) is 3.00. The molecule has 23 heavy (non-hydrogen) atoms. The van der Waals surface area contributed by atoms with E-state index in [0.29, 0.717) is 5.69 Å². The van der Waals surface area contributed by atoms with Gasteiger partial charge in [0, 0.05) is 17.4 Å². The van der Waals surface area contributed by atoms with Crippen LogP contribution in [0.5, 0.6) is 0 Å². The highest BCUT2D eigenvalue weighted by Gasteiger charge is 2.16. The Bertz CT molecular complexity index is 662. The van der Waals surface area contributed by atoms with Gasteiger partial charge in [0.15, 0.2) is 0 Å². The average molecular weight is 353 g/mol. The number of hydrogen-bond donors (Lipinski definition) is 2. The molecule has 1 aromatic heterocycles. The SMILES string of the molecule is CC(Nc1ccc(NC(=O)OC(C)(C)C)cc1)c1csc(Cl)c1. The number of nitrogens with one attached hydrogen (secondary N) is 2. The number of hydrogen-bond acceptors (Lipinski definition) is 4. The Labute approximate surface area is 145 Å². The second-order valence-corrected chi connectivity index (χ2v) is 7.80. The zero-order chi connectivity index (χ0) is 17.0. The molecule has 0 saturated heterocycles. The predicted octanol–water partition coefficient (Wildman–Crippen LogP) is 5.92. The van der Waals surface area contributed by atoms with E-state index in [1.54, 1.807) is 0 Å². The first kappa shape index (κ1) is 17.6. The highest BCUT2D eigenvalue weighted by Crippen LogP contribution is 2.27. The smallest absolute Gasteiger partial charge is 0.412 e. The first-order chi connectivity index (χ1) is 10.7. The van der Waals surface area contributed by atoms with Crippen molar-refractivity contribution in [1.82, 2.24) is 0 Å². The van der Waals surface area contributed by atoms with Gasteiger partial charge in [-0.3, -0.25) is 5.32 Å². The normalized spacial score (nSPS) is 12.6. The highest BCUT2D eigenvalue weighted by atomic mass is 35.5. The average Bonchev–Trinajstić information content (AvgIpc) is 2.85. The molecule has 1 aromatic carbocycles. The highest BCUT2D eigenvalue weighted by molar-refractivity contribution is 7.14. The molecule has 0 aliphatic rings. The predicted molar refractivity (Wildman–Crippen MR) is 97.7 cm³/mol. The fraction of sp³-hybridized carbons (Fsp3) is 0.353. The molecule has 2 rings (SSSR count). The van der Waals surface area contributed by atoms with Crippen molar-refractivity contribution in [3.05, 3.63) is 45.6 Å². The van der Waals surface area contributed by atoms with E-state index in [0.717, 1.165) is 15.6 Å². The maximum Gasteiger partial charge on any atom is 0.412 e.